The third-order valence-corrected chi connectivity index (χ3v) is 3.30. The quantitative estimate of drug-likeness (QED) is 0.475. The van der Waals surface area contributed by atoms with Gasteiger partial charge in [0.25, 0.3) is 0 Å². The van der Waals surface area contributed by atoms with Crippen LogP contribution in [0.25, 0.3) is 0 Å². The maximum absolute atomic E-state index is 10.2. The Morgan fingerprint density at radius 1 is 1.44 bits per heavy atom. The van der Waals surface area contributed by atoms with Gasteiger partial charge in [0.2, 0.25) is 5.17 Å². The normalized spacial score (nSPS) is 17.4. The van der Waals surface area contributed by atoms with Gasteiger partial charge < -0.3 is 0 Å². The molecule has 0 amide bonds. The molecule has 5 nitrogen and oxygen atoms in total. The van der Waals surface area contributed by atoms with Crippen molar-refractivity contribution in [3.8, 4) is 0 Å². The first-order valence-electron chi connectivity index (χ1n) is 5.39. The van der Waals surface area contributed by atoms with Gasteiger partial charge in [-0.3, -0.25) is 0 Å². The summed E-state index contributed by atoms with van der Waals surface area (Å²) in [5.41, 5.74) is 2.02. The van der Waals surface area contributed by atoms with E-state index in [1.54, 1.807) is 11.1 Å². The summed E-state index contributed by atoms with van der Waals surface area (Å²) in [4.78, 5) is 10.2. The molecule has 0 atom stereocenters. The van der Waals surface area contributed by atoms with E-state index in [2.05, 4.69) is 22.1 Å². The number of hydrogen-bond acceptors (Lipinski definition) is 4. The largest absolute Gasteiger partial charge is 0.237 e. The van der Waals surface area contributed by atoms with Crippen LogP contribution in [0, 0.1) is 4.91 Å². The number of hydrogen-bond donors (Lipinski definition) is 0. The Bertz CT molecular complexity index is 498. The predicted octanol–water partition coefficient (Wildman–Crippen LogP) is 2.66. The fraction of sp³-hybridized carbons (Fsp3) is 0.167. The SMILES string of the molecule is C=CCN1N=C(c2ccccc2)CS/C1=N/N=O. The fourth-order valence-electron chi connectivity index (χ4n) is 1.55. The lowest BCUT2D eigenvalue weighted by atomic mass is 10.1. The van der Waals surface area contributed by atoms with Crippen molar-refractivity contribution in [3.05, 3.63) is 53.5 Å². The van der Waals surface area contributed by atoms with Crippen LogP contribution in [0.15, 0.2) is 58.5 Å². The highest BCUT2D eigenvalue weighted by Gasteiger charge is 2.19. The Balaban J connectivity index is 2.29. The molecule has 92 valence electrons. The highest BCUT2D eigenvalue weighted by Crippen LogP contribution is 2.20. The van der Waals surface area contributed by atoms with E-state index < -0.39 is 0 Å². The van der Waals surface area contributed by atoms with Gasteiger partial charge in [0, 0.05) is 5.75 Å². The lowest BCUT2D eigenvalue weighted by Gasteiger charge is -2.24. The van der Waals surface area contributed by atoms with Crippen molar-refractivity contribution < 1.29 is 0 Å². The maximum Gasteiger partial charge on any atom is 0.210 e. The third kappa shape index (κ3) is 2.84. The van der Waals surface area contributed by atoms with Gasteiger partial charge in [0.05, 0.1) is 17.5 Å². The molecule has 0 aliphatic carbocycles. The summed E-state index contributed by atoms with van der Waals surface area (Å²) < 4.78 is 0. The molecule has 1 aliphatic heterocycles. The van der Waals surface area contributed by atoms with Gasteiger partial charge in [-0.15, -0.1) is 11.5 Å². The van der Waals surface area contributed by atoms with Crippen molar-refractivity contribution in [3.63, 3.8) is 0 Å². The molecular weight excluding hydrogens is 248 g/mol. The fourth-order valence-corrected chi connectivity index (χ4v) is 2.40. The molecule has 0 N–H and O–H groups in total. The summed E-state index contributed by atoms with van der Waals surface area (Å²) >= 11 is 1.44. The number of amidine groups is 1. The summed E-state index contributed by atoms with van der Waals surface area (Å²) in [6, 6.07) is 9.91. The van der Waals surface area contributed by atoms with Crippen LogP contribution in [0.3, 0.4) is 0 Å². The van der Waals surface area contributed by atoms with Crippen molar-refractivity contribution in [1.82, 2.24) is 5.01 Å². The van der Waals surface area contributed by atoms with E-state index in [4.69, 9.17) is 0 Å². The van der Waals surface area contributed by atoms with Crippen LogP contribution in [-0.4, -0.2) is 28.2 Å². The van der Waals surface area contributed by atoms with Crippen molar-refractivity contribution in [2.75, 3.05) is 12.3 Å². The molecule has 1 heterocycles. The van der Waals surface area contributed by atoms with E-state index >= 15 is 0 Å². The van der Waals surface area contributed by atoms with Crippen molar-refractivity contribution >= 4 is 22.6 Å². The van der Waals surface area contributed by atoms with E-state index in [9.17, 15) is 4.91 Å². The Kier molecular flexibility index (Phi) is 4.25. The molecule has 18 heavy (non-hydrogen) atoms. The standard InChI is InChI=1S/C12H12N4OS/c1-2-8-16-12(13-15-17)18-9-11(14-16)10-6-4-3-5-7-10/h2-7H,1,8-9H2/b13-12+. The van der Waals surface area contributed by atoms with Crippen molar-refractivity contribution in [2.24, 2.45) is 15.5 Å². The van der Waals surface area contributed by atoms with Crippen LogP contribution in [0.5, 0.6) is 0 Å². The lowest BCUT2D eigenvalue weighted by molar-refractivity contribution is 0.501. The molecule has 6 heteroatoms. The zero-order valence-corrected chi connectivity index (χ0v) is 10.5. The minimum atomic E-state index is 0.498. The number of rotatable bonds is 4. The Morgan fingerprint density at radius 2 is 2.22 bits per heavy atom. The first-order valence-corrected chi connectivity index (χ1v) is 6.38. The van der Waals surface area contributed by atoms with Crippen molar-refractivity contribution in [2.45, 2.75) is 0 Å². The predicted molar refractivity (Wildman–Crippen MR) is 75.6 cm³/mol. The summed E-state index contributed by atoms with van der Waals surface area (Å²) in [5.74, 6) is 0.673. The average Bonchev–Trinajstić information content (AvgIpc) is 2.42. The molecule has 2 rings (SSSR count). The minimum Gasteiger partial charge on any atom is -0.237 e. The molecule has 1 aromatic rings. The number of thioether (sulfide) groups is 1. The topological polar surface area (TPSA) is 57.4 Å². The van der Waals surface area contributed by atoms with Gasteiger partial charge in [-0.25, -0.2) is 5.01 Å². The zero-order valence-electron chi connectivity index (χ0n) is 9.69. The average molecular weight is 260 g/mol. The second-order valence-electron chi connectivity index (χ2n) is 3.54. The molecule has 0 aromatic heterocycles. The van der Waals surface area contributed by atoms with Gasteiger partial charge in [-0.1, -0.05) is 53.3 Å². The second-order valence-corrected chi connectivity index (χ2v) is 4.48. The van der Waals surface area contributed by atoms with E-state index in [0.717, 1.165) is 11.3 Å². The number of hydrazone groups is 1. The molecule has 0 spiro atoms. The summed E-state index contributed by atoms with van der Waals surface area (Å²) in [6.07, 6.45) is 1.71. The van der Waals surface area contributed by atoms with Crippen LogP contribution in [0.1, 0.15) is 5.56 Å². The number of nitrogens with zero attached hydrogens (tertiary/aromatic N) is 4. The smallest absolute Gasteiger partial charge is 0.210 e. The van der Waals surface area contributed by atoms with Gasteiger partial charge in [-0.2, -0.15) is 5.10 Å². The van der Waals surface area contributed by atoms with Crippen LogP contribution in [0.2, 0.25) is 0 Å². The van der Waals surface area contributed by atoms with Gasteiger partial charge >= 0.3 is 0 Å². The zero-order chi connectivity index (χ0) is 12.8. The molecule has 1 aliphatic rings. The van der Waals surface area contributed by atoms with E-state index in [-0.39, 0.29) is 0 Å². The Labute approximate surface area is 109 Å². The first kappa shape index (κ1) is 12.5. The maximum atomic E-state index is 10.2. The third-order valence-electron chi connectivity index (χ3n) is 2.34. The van der Waals surface area contributed by atoms with Crippen LogP contribution in [-0.2, 0) is 0 Å². The first-order chi connectivity index (χ1) is 8.85. The molecule has 0 saturated heterocycles. The summed E-state index contributed by atoms with van der Waals surface area (Å²) in [5, 5.41) is 12.7. The highest BCUT2D eigenvalue weighted by atomic mass is 32.2. The summed E-state index contributed by atoms with van der Waals surface area (Å²) in [7, 11) is 0. The molecule has 0 radical (unpaired) electrons. The number of nitroso groups, excluding NO2 is 1. The van der Waals surface area contributed by atoms with Gasteiger partial charge in [-0.05, 0) is 5.56 Å². The van der Waals surface area contributed by atoms with E-state index in [1.807, 2.05) is 30.3 Å². The van der Waals surface area contributed by atoms with Gasteiger partial charge in [0.1, 0.15) is 0 Å². The monoisotopic (exact) mass is 260 g/mol. The lowest BCUT2D eigenvalue weighted by Crippen LogP contribution is -2.31. The highest BCUT2D eigenvalue weighted by molar-refractivity contribution is 8.14. The Hall–Kier alpha value is -1.95. The second kappa shape index (κ2) is 6.11. The molecular formula is C12H12N4OS. The molecule has 0 bridgehead atoms. The van der Waals surface area contributed by atoms with E-state index in [0.29, 0.717) is 17.5 Å². The van der Waals surface area contributed by atoms with E-state index in [1.165, 1.54) is 11.8 Å². The van der Waals surface area contributed by atoms with Gasteiger partial charge in [0.15, 0.2) is 0 Å². The molecule has 0 unspecified atom stereocenters. The van der Waals surface area contributed by atoms with Crippen LogP contribution < -0.4 is 0 Å². The van der Waals surface area contributed by atoms with Crippen LogP contribution in [0.4, 0.5) is 0 Å². The van der Waals surface area contributed by atoms with Crippen molar-refractivity contribution in [1.29, 1.82) is 0 Å². The minimum absolute atomic E-state index is 0.498. The molecule has 0 saturated carbocycles. The summed E-state index contributed by atoms with van der Waals surface area (Å²) in [6.45, 7) is 4.16. The molecule has 0 fully saturated rings. The van der Waals surface area contributed by atoms with Crippen LogP contribution >= 0.6 is 11.8 Å². The molecule has 1 aromatic carbocycles. The Morgan fingerprint density at radius 3 is 2.89 bits per heavy atom. The number of benzene rings is 1.